The molecule has 1 aliphatic rings. The van der Waals surface area contributed by atoms with E-state index in [0.717, 1.165) is 0 Å². The minimum absolute atomic E-state index is 0.0122. The van der Waals surface area contributed by atoms with Crippen molar-refractivity contribution in [2.75, 3.05) is 59.5 Å². The first-order valence-corrected chi connectivity index (χ1v) is 10.0. The van der Waals surface area contributed by atoms with Gasteiger partial charge in [0.05, 0.1) is 13.1 Å². The molecule has 0 spiro atoms. The Hall–Kier alpha value is -2.19. The van der Waals surface area contributed by atoms with Crippen LogP contribution in [0.15, 0.2) is 24.3 Å². The highest BCUT2D eigenvalue weighted by Gasteiger charge is 2.24. The van der Waals surface area contributed by atoms with E-state index < -0.39 is 0 Å². The van der Waals surface area contributed by atoms with Crippen LogP contribution in [0.5, 0.6) is 5.75 Å². The molecule has 1 aromatic carbocycles. The van der Waals surface area contributed by atoms with Crippen LogP contribution in [0.1, 0.15) is 20.8 Å². The lowest BCUT2D eigenvalue weighted by Gasteiger charge is -2.35. The normalized spacial score (nSPS) is 15.4. The Morgan fingerprint density at radius 1 is 1.14 bits per heavy atom. The number of carbonyl (C=O) groups excluding carboxylic acids is 2. The van der Waals surface area contributed by atoms with Crippen LogP contribution in [0.2, 0.25) is 0 Å². The van der Waals surface area contributed by atoms with Gasteiger partial charge in [-0.05, 0) is 52.1 Å². The molecule has 1 fully saturated rings. The number of nitrogens with one attached hydrogen (secondary N) is 1. The SMILES string of the molecule is CN(CCOc1ccc(F)cc1)CC(=O)N1CCN(CC(=O)NC(C)(C)C)CC1. The summed E-state index contributed by atoms with van der Waals surface area (Å²) in [6.45, 7) is 10.2. The van der Waals surface area contributed by atoms with E-state index in [-0.39, 0.29) is 23.2 Å². The molecule has 1 aliphatic heterocycles. The average molecular weight is 409 g/mol. The molecule has 0 radical (unpaired) electrons. The van der Waals surface area contributed by atoms with E-state index in [9.17, 15) is 14.0 Å². The third-order valence-corrected chi connectivity index (χ3v) is 4.57. The number of rotatable bonds is 8. The molecule has 0 saturated carbocycles. The second kappa shape index (κ2) is 10.5. The Bertz CT molecular complexity index is 667. The minimum Gasteiger partial charge on any atom is -0.492 e. The molecule has 0 aliphatic carbocycles. The Kier molecular flexibility index (Phi) is 8.40. The first kappa shape index (κ1) is 23.1. The standard InChI is InChI=1S/C21H33FN4O3/c1-21(2,3)23-19(27)15-25-9-11-26(12-10-25)20(28)16-24(4)13-14-29-18-7-5-17(22)6-8-18/h5-8H,9-16H2,1-4H3,(H,23,27). The van der Waals surface area contributed by atoms with Crippen molar-refractivity contribution in [3.8, 4) is 5.75 Å². The summed E-state index contributed by atoms with van der Waals surface area (Å²) in [5, 5.41) is 2.96. The summed E-state index contributed by atoms with van der Waals surface area (Å²) >= 11 is 0. The van der Waals surface area contributed by atoms with Gasteiger partial charge < -0.3 is 15.0 Å². The first-order valence-electron chi connectivity index (χ1n) is 10.0. The maximum atomic E-state index is 12.9. The van der Waals surface area contributed by atoms with E-state index in [2.05, 4.69) is 10.2 Å². The fraction of sp³-hybridized carbons (Fsp3) is 0.619. The zero-order valence-electron chi connectivity index (χ0n) is 17.9. The highest BCUT2D eigenvalue weighted by molar-refractivity contribution is 5.79. The number of carbonyl (C=O) groups is 2. The summed E-state index contributed by atoms with van der Waals surface area (Å²) < 4.78 is 18.4. The van der Waals surface area contributed by atoms with Gasteiger partial charge in [-0.25, -0.2) is 4.39 Å². The Labute approximate surface area is 172 Å². The maximum Gasteiger partial charge on any atom is 0.236 e. The number of hydrogen-bond acceptors (Lipinski definition) is 5. The van der Waals surface area contributed by atoms with Gasteiger partial charge in [0.2, 0.25) is 11.8 Å². The van der Waals surface area contributed by atoms with Crippen molar-refractivity contribution in [3.63, 3.8) is 0 Å². The summed E-state index contributed by atoms with van der Waals surface area (Å²) in [6.07, 6.45) is 0. The zero-order valence-corrected chi connectivity index (χ0v) is 17.9. The Balaban J connectivity index is 1.64. The van der Waals surface area contributed by atoms with Gasteiger partial charge in [-0.15, -0.1) is 0 Å². The molecule has 0 atom stereocenters. The van der Waals surface area contributed by atoms with Crippen LogP contribution in [0.3, 0.4) is 0 Å². The molecular formula is C21H33FN4O3. The lowest BCUT2D eigenvalue weighted by atomic mass is 10.1. The molecule has 1 heterocycles. The molecule has 0 aromatic heterocycles. The van der Waals surface area contributed by atoms with Crippen molar-refractivity contribution in [2.24, 2.45) is 0 Å². The maximum absolute atomic E-state index is 12.9. The van der Waals surface area contributed by atoms with Crippen molar-refractivity contribution in [3.05, 3.63) is 30.1 Å². The smallest absolute Gasteiger partial charge is 0.236 e. The molecule has 1 N–H and O–H groups in total. The first-order chi connectivity index (χ1) is 13.6. The van der Waals surface area contributed by atoms with E-state index in [1.165, 1.54) is 12.1 Å². The van der Waals surface area contributed by atoms with Gasteiger partial charge in [0.1, 0.15) is 18.2 Å². The number of piperazine rings is 1. The molecule has 162 valence electrons. The summed E-state index contributed by atoms with van der Waals surface area (Å²) in [5.74, 6) is 0.402. The van der Waals surface area contributed by atoms with Crippen LogP contribution in [-0.4, -0.2) is 91.5 Å². The lowest BCUT2D eigenvalue weighted by Crippen LogP contribution is -2.54. The predicted octanol–water partition coefficient (Wildman–Crippen LogP) is 1.20. The van der Waals surface area contributed by atoms with Gasteiger partial charge in [-0.1, -0.05) is 0 Å². The number of ether oxygens (including phenoxy) is 1. The summed E-state index contributed by atoms with van der Waals surface area (Å²) in [4.78, 5) is 30.4. The van der Waals surface area contributed by atoms with Crippen LogP contribution in [0.4, 0.5) is 4.39 Å². The number of benzene rings is 1. The van der Waals surface area contributed by atoms with Crippen molar-refractivity contribution in [1.29, 1.82) is 0 Å². The Morgan fingerprint density at radius 2 is 1.76 bits per heavy atom. The Morgan fingerprint density at radius 3 is 2.34 bits per heavy atom. The van der Waals surface area contributed by atoms with Crippen LogP contribution in [-0.2, 0) is 9.59 Å². The molecule has 0 unspecified atom stereocenters. The zero-order chi connectivity index (χ0) is 21.4. The highest BCUT2D eigenvalue weighted by Crippen LogP contribution is 2.11. The van der Waals surface area contributed by atoms with Gasteiger partial charge in [-0.2, -0.15) is 0 Å². The van der Waals surface area contributed by atoms with Crippen molar-refractivity contribution in [2.45, 2.75) is 26.3 Å². The molecule has 1 saturated heterocycles. The van der Waals surface area contributed by atoms with E-state index in [1.54, 1.807) is 12.1 Å². The molecule has 1 aromatic rings. The molecule has 29 heavy (non-hydrogen) atoms. The second-order valence-electron chi connectivity index (χ2n) is 8.50. The monoisotopic (exact) mass is 408 g/mol. The van der Waals surface area contributed by atoms with Gasteiger partial charge in [0.25, 0.3) is 0 Å². The number of nitrogens with zero attached hydrogens (tertiary/aromatic N) is 3. The fourth-order valence-electron chi connectivity index (χ4n) is 3.08. The molecule has 2 amide bonds. The molecule has 0 bridgehead atoms. The van der Waals surface area contributed by atoms with Crippen molar-refractivity contribution < 1.29 is 18.7 Å². The van der Waals surface area contributed by atoms with Crippen LogP contribution in [0.25, 0.3) is 0 Å². The number of amides is 2. The van der Waals surface area contributed by atoms with Crippen LogP contribution >= 0.6 is 0 Å². The van der Waals surface area contributed by atoms with E-state index in [1.807, 2.05) is 37.6 Å². The average Bonchev–Trinajstić information content (AvgIpc) is 2.62. The highest BCUT2D eigenvalue weighted by atomic mass is 19.1. The van der Waals surface area contributed by atoms with Gasteiger partial charge in [0.15, 0.2) is 0 Å². The summed E-state index contributed by atoms with van der Waals surface area (Å²) in [5.41, 5.74) is -0.236. The largest absolute Gasteiger partial charge is 0.492 e. The molecular weight excluding hydrogens is 375 g/mol. The van der Waals surface area contributed by atoms with Crippen molar-refractivity contribution in [1.82, 2.24) is 20.0 Å². The van der Waals surface area contributed by atoms with Gasteiger partial charge in [-0.3, -0.25) is 19.4 Å². The number of hydrogen-bond donors (Lipinski definition) is 1. The van der Waals surface area contributed by atoms with Crippen molar-refractivity contribution >= 4 is 11.8 Å². The number of likely N-dealkylation sites (N-methyl/N-ethyl adjacent to an activating group) is 1. The lowest BCUT2D eigenvalue weighted by molar-refractivity contribution is -0.134. The van der Waals surface area contributed by atoms with E-state index in [0.29, 0.717) is 58.2 Å². The second-order valence-corrected chi connectivity index (χ2v) is 8.50. The third-order valence-electron chi connectivity index (χ3n) is 4.57. The summed E-state index contributed by atoms with van der Waals surface area (Å²) in [6, 6.07) is 5.88. The van der Waals surface area contributed by atoms with Crippen LogP contribution in [0, 0.1) is 5.82 Å². The minimum atomic E-state index is -0.296. The third kappa shape index (κ3) is 8.79. The van der Waals surface area contributed by atoms with Gasteiger partial charge in [0, 0.05) is 38.3 Å². The molecule has 8 heteroatoms. The van der Waals surface area contributed by atoms with Crippen LogP contribution < -0.4 is 10.1 Å². The quantitative estimate of drug-likeness (QED) is 0.700. The van der Waals surface area contributed by atoms with Gasteiger partial charge >= 0.3 is 0 Å². The summed E-state index contributed by atoms with van der Waals surface area (Å²) in [7, 11) is 1.87. The number of halogens is 1. The van der Waals surface area contributed by atoms with E-state index >= 15 is 0 Å². The molecule has 2 rings (SSSR count). The van der Waals surface area contributed by atoms with E-state index in [4.69, 9.17) is 4.74 Å². The topological polar surface area (TPSA) is 65.1 Å². The molecule has 7 nitrogen and oxygen atoms in total. The predicted molar refractivity (Wildman–Crippen MR) is 110 cm³/mol. The fourth-order valence-corrected chi connectivity index (χ4v) is 3.08.